The second-order valence-electron chi connectivity index (χ2n) is 20.2. The highest BCUT2D eigenvalue weighted by Gasteiger charge is 2.11. The molecule has 15 heteroatoms. The van der Waals surface area contributed by atoms with Crippen LogP contribution in [0.4, 0.5) is 0 Å². The van der Waals surface area contributed by atoms with Crippen LogP contribution < -0.4 is 0 Å². The monoisotopic (exact) mass is 1190 g/mol. The Labute approximate surface area is 507 Å². The standard InChI is InChI=1S/C16H15N.C11H12N2.2C11H12NP.2C5H7NO.2C5H7NS/c1-12-13(2)17(14-8-4-3-5-9-14)16-11-7-6-10-15(12)16;1-9-8-12-13(10(9)2)11-6-4-3-5-7-11;1-9-8-13(12-10(9)2)11-6-4-3-5-7-11;1-9-8-12-13(10(9)2)11-6-4-3-5-7-11;1-4-3-7-6-5(4)2;1-4-3-6-7-5(4)2;1-4-3-7-6-5(4)2;1-4-3-6-7-5(4)2/h3-11H,1-2H3;3*3-8H,1-2H3;4*3H,1-2H3. The lowest BCUT2D eigenvalue weighted by Crippen LogP contribution is -1.97. The first-order valence-electron chi connectivity index (χ1n) is 27.7. The lowest BCUT2D eigenvalue weighted by Gasteiger charge is -2.08. The first kappa shape index (κ1) is 65.1. The van der Waals surface area contributed by atoms with Crippen molar-refractivity contribution < 1.29 is 9.05 Å². The SMILES string of the molecule is Cc1c(C)n(-c2ccccc2)c2ccccc12.Cc1cnn(-c2ccccc2)c1C.Cc1cnoc1C.Cc1cnp(-c2ccccc2)c1C.Cc1cnsc1C.Cc1conc1C.Cc1cp(-c2ccccc2)nc1C.Cc1csnc1C. The van der Waals surface area contributed by atoms with Gasteiger partial charge in [0.15, 0.2) is 0 Å². The molecule has 13 aromatic rings. The van der Waals surface area contributed by atoms with E-state index in [1.807, 2.05) is 88.2 Å². The molecule has 0 aliphatic carbocycles. The number of hydrogen-bond donors (Lipinski definition) is 0. The number of aryl methyl sites for hydroxylation is 13. The van der Waals surface area contributed by atoms with E-state index in [1.165, 1.54) is 99.4 Å². The molecule has 0 saturated carbocycles. The average molecular weight is 1190 g/mol. The number of fused-ring (bicyclic) bond motifs is 1. The molecule has 5 aromatic carbocycles. The Morgan fingerprint density at radius 3 is 1.48 bits per heavy atom. The van der Waals surface area contributed by atoms with Crippen LogP contribution in [0.2, 0.25) is 0 Å². The quantitative estimate of drug-likeness (QED) is 0.169. The smallest absolute Gasteiger partial charge is 0.136 e. The van der Waals surface area contributed by atoms with E-state index in [2.05, 4.69) is 245 Å². The van der Waals surface area contributed by atoms with Crippen LogP contribution >= 0.6 is 38.4 Å². The van der Waals surface area contributed by atoms with Crippen molar-refractivity contribution in [3.8, 4) is 22.0 Å². The van der Waals surface area contributed by atoms with Crippen molar-refractivity contribution in [3.05, 3.63) is 277 Å². The molecule has 13 rings (SSSR count). The van der Waals surface area contributed by atoms with Crippen LogP contribution in [0.15, 0.2) is 197 Å². The van der Waals surface area contributed by atoms with Crippen molar-refractivity contribution in [2.75, 3.05) is 0 Å². The normalized spacial score (nSPS) is 10.6. The summed E-state index contributed by atoms with van der Waals surface area (Å²) in [6, 6.07) is 50.3. The summed E-state index contributed by atoms with van der Waals surface area (Å²) in [7, 11) is -0.785. The third kappa shape index (κ3) is 18.7. The number of benzene rings is 5. The van der Waals surface area contributed by atoms with Gasteiger partial charge in [0.25, 0.3) is 0 Å². The minimum atomic E-state index is -0.393. The number of nitrogens with zero attached hydrogens (tertiary/aromatic N) is 9. The van der Waals surface area contributed by atoms with Gasteiger partial charge in [0, 0.05) is 87.9 Å². The fraction of sp³-hybridized carbons (Fsp3) is 0.232. The topological polar surface area (TPSA) is 126 Å². The molecule has 2 atom stereocenters. The molecule has 11 nitrogen and oxygen atoms in total. The Hall–Kier alpha value is -8.05. The van der Waals surface area contributed by atoms with Gasteiger partial charge in [-0.25, -0.2) is 18.5 Å². The lowest BCUT2D eigenvalue weighted by molar-refractivity contribution is 0.396. The molecule has 8 heterocycles. The summed E-state index contributed by atoms with van der Waals surface area (Å²) in [5, 5.41) is 19.0. The highest BCUT2D eigenvalue weighted by atomic mass is 32.1. The van der Waals surface area contributed by atoms with Gasteiger partial charge in [-0.1, -0.05) is 101 Å². The summed E-state index contributed by atoms with van der Waals surface area (Å²) in [4.78, 5) is 1.32. The van der Waals surface area contributed by atoms with Crippen LogP contribution in [0, 0.1) is 111 Å². The zero-order valence-electron chi connectivity index (χ0n) is 51.5. The van der Waals surface area contributed by atoms with E-state index in [4.69, 9.17) is 4.52 Å². The number of rotatable bonds is 4. The molecule has 8 aromatic heterocycles. The second kappa shape index (κ2) is 32.7. The van der Waals surface area contributed by atoms with Gasteiger partial charge in [-0.3, -0.25) is 0 Å². The van der Waals surface area contributed by atoms with Crippen LogP contribution in [0.1, 0.15) is 88.9 Å². The average Bonchev–Trinajstić information content (AvgIpc) is 4.04. The molecule has 0 fully saturated rings. The second-order valence-corrected chi connectivity index (χ2v) is 25.5. The van der Waals surface area contributed by atoms with Gasteiger partial charge in [-0.2, -0.15) is 9.47 Å². The maximum Gasteiger partial charge on any atom is 0.136 e. The van der Waals surface area contributed by atoms with Crippen molar-refractivity contribution >= 4 is 49.4 Å². The van der Waals surface area contributed by atoms with E-state index in [0.29, 0.717) is 0 Å². The molecular formula is C69H79N9O2P2S2. The zero-order chi connectivity index (χ0) is 60.7. The molecule has 84 heavy (non-hydrogen) atoms. The molecule has 0 bridgehead atoms. The molecule has 434 valence electrons. The molecular weight excluding hydrogens is 1110 g/mol. The van der Waals surface area contributed by atoms with E-state index >= 15 is 0 Å². The van der Waals surface area contributed by atoms with Gasteiger partial charge >= 0.3 is 0 Å². The Kier molecular flexibility index (Phi) is 25.3. The van der Waals surface area contributed by atoms with Crippen molar-refractivity contribution in [2.45, 2.75) is 111 Å². The van der Waals surface area contributed by atoms with Crippen LogP contribution in [0.25, 0.3) is 32.9 Å². The highest BCUT2D eigenvalue weighted by molar-refractivity contribution is 7.54. The maximum absolute atomic E-state index is 4.71. The first-order chi connectivity index (χ1) is 40.4. The van der Waals surface area contributed by atoms with Crippen molar-refractivity contribution in [1.82, 2.24) is 42.9 Å². The minimum absolute atomic E-state index is 0.392. The van der Waals surface area contributed by atoms with Crippen molar-refractivity contribution in [1.29, 1.82) is 0 Å². The van der Waals surface area contributed by atoms with Crippen molar-refractivity contribution in [2.24, 2.45) is 0 Å². The Balaban J connectivity index is 0.000000158. The third-order valence-corrected chi connectivity index (χ3v) is 19.8. The Morgan fingerprint density at radius 1 is 0.488 bits per heavy atom. The fourth-order valence-corrected chi connectivity index (χ4v) is 12.6. The van der Waals surface area contributed by atoms with Crippen molar-refractivity contribution in [3.63, 3.8) is 0 Å². The molecule has 0 radical (unpaired) electrons. The summed E-state index contributed by atoms with van der Waals surface area (Å²) in [5.74, 6) is 3.18. The third-order valence-electron chi connectivity index (χ3n) is 14.1. The number of para-hydroxylation sites is 3. The van der Waals surface area contributed by atoms with Gasteiger partial charge < -0.3 is 13.6 Å². The summed E-state index contributed by atoms with van der Waals surface area (Å²) in [6.45, 7) is 33.0. The van der Waals surface area contributed by atoms with Crippen LogP contribution in [-0.4, -0.2) is 42.9 Å². The Morgan fingerprint density at radius 2 is 1.08 bits per heavy atom. The number of hydrogen-bond acceptors (Lipinski definition) is 11. The number of aromatic nitrogens is 9. The lowest BCUT2D eigenvalue weighted by atomic mass is 10.2. The van der Waals surface area contributed by atoms with E-state index in [0.717, 1.165) is 34.0 Å². The van der Waals surface area contributed by atoms with E-state index in [-0.39, 0.29) is 0 Å². The van der Waals surface area contributed by atoms with E-state index in [9.17, 15) is 0 Å². The fourth-order valence-electron chi connectivity index (χ4n) is 7.72. The minimum Gasteiger partial charge on any atom is -0.364 e. The maximum atomic E-state index is 4.71. The molecule has 0 aliphatic rings. The summed E-state index contributed by atoms with van der Waals surface area (Å²) in [5.41, 5.74) is 19.5. The zero-order valence-corrected chi connectivity index (χ0v) is 54.9. The van der Waals surface area contributed by atoms with Gasteiger partial charge in [-0.05, 0) is 233 Å². The molecule has 2 unspecified atom stereocenters. The van der Waals surface area contributed by atoms with Gasteiger partial charge in [0.1, 0.15) is 12.0 Å². The van der Waals surface area contributed by atoms with Crippen LogP contribution in [0.5, 0.6) is 0 Å². The van der Waals surface area contributed by atoms with Crippen LogP contribution in [-0.2, 0) is 0 Å². The van der Waals surface area contributed by atoms with Gasteiger partial charge in [0.05, 0.1) is 35.0 Å². The molecule has 0 N–H and O–H groups in total. The largest absolute Gasteiger partial charge is 0.364 e. The Bertz CT molecular complexity index is 3680. The first-order valence-corrected chi connectivity index (χ1v) is 32.0. The summed E-state index contributed by atoms with van der Waals surface area (Å²) < 4.78 is 30.8. The molecule has 0 aliphatic heterocycles. The molecule has 0 saturated heterocycles. The predicted molar refractivity (Wildman–Crippen MR) is 356 cm³/mol. The molecule has 0 amide bonds. The van der Waals surface area contributed by atoms with E-state index < -0.39 is 15.4 Å². The summed E-state index contributed by atoms with van der Waals surface area (Å²) in [6.07, 6.45) is 9.11. The molecule has 0 spiro atoms. The van der Waals surface area contributed by atoms with E-state index in [1.54, 1.807) is 24.0 Å². The van der Waals surface area contributed by atoms with Crippen LogP contribution in [0.3, 0.4) is 0 Å². The van der Waals surface area contributed by atoms with Gasteiger partial charge in [-0.15, -0.1) is 0 Å². The van der Waals surface area contributed by atoms with Gasteiger partial charge in [0.2, 0.25) is 0 Å². The summed E-state index contributed by atoms with van der Waals surface area (Å²) >= 11 is 3.07. The predicted octanol–water partition coefficient (Wildman–Crippen LogP) is 20.2. The highest BCUT2D eigenvalue weighted by Crippen LogP contribution is 2.41.